The first-order valence-corrected chi connectivity index (χ1v) is 8.30. The largest absolute Gasteiger partial charge is 0.316 e. The van der Waals surface area contributed by atoms with E-state index in [1.807, 2.05) is 45.2 Å². The van der Waals surface area contributed by atoms with Crippen molar-refractivity contribution in [3.8, 4) is 0 Å². The second-order valence-corrected chi connectivity index (χ2v) is 7.10. The molecule has 1 aromatic carbocycles. The molecule has 0 aliphatic carbocycles. The van der Waals surface area contributed by atoms with Gasteiger partial charge in [-0.1, -0.05) is 18.2 Å². The Hall–Kier alpha value is -1.17. The lowest BCUT2D eigenvalue weighted by Gasteiger charge is -2.24. The van der Waals surface area contributed by atoms with Crippen molar-refractivity contribution in [1.82, 2.24) is 9.62 Å². The van der Waals surface area contributed by atoms with Gasteiger partial charge < -0.3 is 5.32 Å². The van der Waals surface area contributed by atoms with Gasteiger partial charge in [0.25, 0.3) is 0 Å². The maximum absolute atomic E-state index is 12.7. The summed E-state index contributed by atoms with van der Waals surface area (Å²) in [5, 5.41) is 3.08. The van der Waals surface area contributed by atoms with Crippen molar-refractivity contribution in [1.29, 1.82) is 0 Å². The van der Waals surface area contributed by atoms with Crippen LogP contribution >= 0.6 is 0 Å². The van der Waals surface area contributed by atoms with Gasteiger partial charge in [0.2, 0.25) is 10.0 Å². The van der Waals surface area contributed by atoms with Crippen molar-refractivity contribution in [2.75, 3.05) is 20.1 Å². The van der Waals surface area contributed by atoms with Gasteiger partial charge in [-0.05, 0) is 50.1 Å². The van der Waals surface area contributed by atoms with Crippen molar-refractivity contribution in [2.24, 2.45) is 0 Å². The molecule has 1 N–H and O–H groups in total. The molecule has 0 aromatic heterocycles. The fraction of sp³-hybridized carbons (Fsp3) is 0.467. The molecule has 1 aromatic rings. The highest BCUT2D eigenvalue weighted by Crippen LogP contribution is 2.25. The summed E-state index contributed by atoms with van der Waals surface area (Å²) in [5.74, 6) is 0. The minimum absolute atomic E-state index is 0.434. The number of benzene rings is 1. The average Bonchev–Trinajstić information content (AvgIpc) is 2.42. The van der Waals surface area contributed by atoms with E-state index in [-0.39, 0.29) is 0 Å². The van der Waals surface area contributed by atoms with Gasteiger partial charge in [0.1, 0.15) is 0 Å². The summed E-state index contributed by atoms with van der Waals surface area (Å²) < 4.78 is 27.0. The van der Waals surface area contributed by atoms with Gasteiger partial charge in [-0.3, -0.25) is 0 Å². The predicted molar refractivity (Wildman–Crippen MR) is 81.2 cm³/mol. The van der Waals surface area contributed by atoms with Gasteiger partial charge in [0.15, 0.2) is 0 Å². The smallest absolute Gasteiger partial charge is 0.243 e. The Balaban J connectivity index is 2.45. The van der Waals surface area contributed by atoms with Crippen LogP contribution in [0, 0.1) is 13.8 Å². The molecule has 0 bridgehead atoms. The molecule has 1 heterocycles. The minimum atomic E-state index is -3.40. The topological polar surface area (TPSA) is 49.4 Å². The van der Waals surface area contributed by atoms with E-state index >= 15 is 0 Å². The van der Waals surface area contributed by atoms with Crippen molar-refractivity contribution in [3.63, 3.8) is 0 Å². The summed E-state index contributed by atoms with van der Waals surface area (Å²) in [6.45, 7) is 5.58. The summed E-state index contributed by atoms with van der Waals surface area (Å²) in [4.78, 5) is 0.434. The zero-order valence-corrected chi connectivity index (χ0v) is 13.1. The van der Waals surface area contributed by atoms with Crippen LogP contribution in [0.15, 0.2) is 29.2 Å². The van der Waals surface area contributed by atoms with Crippen molar-refractivity contribution >= 4 is 10.0 Å². The summed E-state index contributed by atoms with van der Waals surface area (Å²) >= 11 is 0. The Morgan fingerprint density at radius 1 is 1.20 bits per heavy atom. The van der Waals surface area contributed by atoms with Crippen LogP contribution in [0.2, 0.25) is 0 Å². The molecule has 0 spiro atoms. The van der Waals surface area contributed by atoms with Crippen LogP contribution in [0.4, 0.5) is 0 Å². The van der Waals surface area contributed by atoms with Crippen molar-refractivity contribution in [3.05, 3.63) is 41.0 Å². The lowest BCUT2D eigenvalue weighted by molar-refractivity contribution is 0.437. The molecular weight excluding hydrogens is 272 g/mol. The summed E-state index contributed by atoms with van der Waals surface area (Å²) in [7, 11) is -1.53. The second-order valence-electron chi connectivity index (χ2n) is 5.20. The Labute approximate surface area is 121 Å². The van der Waals surface area contributed by atoms with Crippen LogP contribution in [0.1, 0.15) is 23.1 Å². The van der Waals surface area contributed by atoms with Crippen LogP contribution in [0.3, 0.4) is 0 Å². The zero-order chi connectivity index (χ0) is 14.8. The first-order valence-electron chi connectivity index (χ1n) is 6.86. The molecule has 0 saturated carbocycles. The van der Waals surface area contributed by atoms with Crippen LogP contribution < -0.4 is 5.32 Å². The van der Waals surface area contributed by atoms with E-state index in [0.29, 0.717) is 24.5 Å². The molecule has 0 amide bonds. The van der Waals surface area contributed by atoms with Crippen LogP contribution in [-0.4, -0.2) is 32.9 Å². The van der Waals surface area contributed by atoms with Gasteiger partial charge in [-0.15, -0.1) is 0 Å². The van der Waals surface area contributed by atoms with Gasteiger partial charge >= 0.3 is 0 Å². The van der Waals surface area contributed by atoms with E-state index in [2.05, 4.69) is 5.32 Å². The second kappa shape index (κ2) is 6.08. The quantitative estimate of drug-likeness (QED) is 0.864. The van der Waals surface area contributed by atoms with E-state index in [0.717, 1.165) is 23.1 Å². The molecule has 4 nitrogen and oxygen atoms in total. The molecular formula is C15H22N2O2S. The van der Waals surface area contributed by atoms with Crippen molar-refractivity contribution < 1.29 is 8.42 Å². The first-order chi connectivity index (χ1) is 9.46. The third kappa shape index (κ3) is 2.95. The molecule has 20 heavy (non-hydrogen) atoms. The maximum Gasteiger partial charge on any atom is 0.243 e. The lowest BCUT2D eigenvalue weighted by Crippen LogP contribution is -2.34. The number of sulfonamides is 1. The molecule has 0 unspecified atom stereocenters. The average molecular weight is 294 g/mol. The third-order valence-corrected chi connectivity index (χ3v) is 5.65. The monoisotopic (exact) mass is 294 g/mol. The number of aryl methyl sites for hydroxylation is 2. The number of hydrogen-bond donors (Lipinski definition) is 1. The molecule has 0 radical (unpaired) electrons. The highest BCUT2D eigenvalue weighted by atomic mass is 32.2. The van der Waals surface area contributed by atoms with E-state index in [4.69, 9.17) is 0 Å². The van der Waals surface area contributed by atoms with Gasteiger partial charge in [-0.25, -0.2) is 8.42 Å². The Morgan fingerprint density at radius 2 is 1.95 bits per heavy atom. The normalized spacial score (nSPS) is 16.6. The zero-order valence-electron chi connectivity index (χ0n) is 12.3. The Kier molecular flexibility index (Phi) is 4.62. The standard InChI is InChI=1S/C15H22N2O2S/c1-12-9-13(2)15(10-14(12)11-16-3)20(18,19)17-7-5-4-6-8-17/h4-5,9-10,16H,6-8,11H2,1-3H3. The number of nitrogens with zero attached hydrogens (tertiary/aromatic N) is 1. The van der Waals surface area contributed by atoms with Crippen LogP contribution in [-0.2, 0) is 16.6 Å². The molecule has 1 aliphatic rings. The van der Waals surface area contributed by atoms with Gasteiger partial charge in [0.05, 0.1) is 4.90 Å². The molecule has 2 rings (SSSR count). The number of nitrogens with one attached hydrogen (secondary N) is 1. The fourth-order valence-electron chi connectivity index (χ4n) is 2.51. The van der Waals surface area contributed by atoms with Crippen LogP contribution in [0.25, 0.3) is 0 Å². The number of rotatable bonds is 4. The van der Waals surface area contributed by atoms with E-state index in [1.165, 1.54) is 0 Å². The molecule has 0 fully saturated rings. The third-order valence-electron chi connectivity index (χ3n) is 3.64. The highest BCUT2D eigenvalue weighted by Gasteiger charge is 2.26. The lowest BCUT2D eigenvalue weighted by atomic mass is 10.1. The highest BCUT2D eigenvalue weighted by molar-refractivity contribution is 7.89. The summed E-state index contributed by atoms with van der Waals surface area (Å²) in [6, 6.07) is 3.77. The summed E-state index contributed by atoms with van der Waals surface area (Å²) in [5.41, 5.74) is 2.97. The minimum Gasteiger partial charge on any atom is -0.316 e. The SMILES string of the molecule is CNCc1cc(S(=O)(=O)N2CC=CCC2)c(C)cc1C. The van der Waals surface area contributed by atoms with Gasteiger partial charge in [0, 0.05) is 19.6 Å². The van der Waals surface area contributed by atoms with Gasteiger partial charge in [-0.2, -0.15) is 4.31 Å². The Morgan fingerprint density at radius 3 is 2.55 bits per heavy atom. The van der Waals surface area contributed by atoms with E-state index < -0.39 is 10.0 Å². The summed E-state index contributed by atoms with van der Waals surface area (Å²) in [6.07, 6.45) is 4.73. The number of hydrogen-bond acceptors (Lipinski definition) is 3. The molecule has 110 valence electrons. The predicted octanol–water partition coefficient (Wildman–Crippen LogP) is 1.97. The maximum atomic E-state index is 12.7. The molecule has 1 aliphatic heterocycles. The Bertz CT molecular complexity index is 621. The van der Waals surface area contributed by atoms with Crippen molar-refractivity contribution in [2.45, 2.75) is 31.7 Å². The molecule has 0 atom stereocenters. The van der Waals surface area contributed by atoms with E-state index in [1.54, 1.807) is 4.31 Å². The molecule has 5 heteroatoms. The first kappa shape index (κ1) is 15.2. The molecule has 0 saturated heterocycles. The fourth-order valence-corrected chi connectivity index (χ4v) is 4.17. The van der Waals surface area contributed by atoms with E-state index in [9.17, 15) is 8.42 Å². The van der Waals surface area contributed by atoms with Crippen LogP contribution in [0.5, 0.6) is 0 Å².